The van der Waals surface area contributed by atoms with Gasteiger partial charge in [0.15, 0.2) is 0 Å². The van der Waals surface area contributed by atoms with Crippen LogP contribution in [0, 0.1) is 12.7 Å². The van der Waals surface area contributed by atoms with Crippen LogP contribution < -0.4 is 16.6 Å². The van der Waals surface area contributed by atoms with E-state index >= 15 is 0 Å². The molecule has 0 aliphatic heterocycles. The lowest BCUT2D eigenvalue weighted by atomic mass is 10.1. The van der Waals surface area contributed by atoms with E-state index in [1.807, 2.05) is 0 Å². The Balaban J connectivity index is 1.70. The highest BCUT2D eigenvalue weighted by Crippen LogP contribution is 2.29. The molecule has 0 bridgehead atoms. The number of aryl methyl sites for hydroxylation is 1. The Morgan fingerprint density at radius 2 is 1.69 bits per heavy atom. The molecule has 0 atom stereocenters. The lowest BCUT2D eigenvalue weighted by Gasteiger charge is -2.15. The third-order valence-corrected chi connectivity index (χ3v) is 5.43. The minimum atomic E-state index is -4.52. The summed E-state index contributed by atoms with van der Waals surface area (Å²) in [5.41, 5.74) is -0.945. The van der Waals surface area contributed by atoms with Gasteiger partial charge in [0.1, 0.15) is 12.4 Å². The summed E-state index contributed by atoms with van der Waals surface area (Å²) >= 11 is 0. The van der Waals surface area contributed by atoms with E-state index in [4.69, 9.17) is 0 Å². The average molecular weight is 485 g/mol. The van der Waals surface area contributed by atoms with E-state index in [0.717, 1.165) is 39.0 Å². The number of alkyl halides is 3. The van der Waals surface area contributed by atoms with Crippen LogP contribution in [0.15, 0.2) is 76.3 Å². The van der Waals surface area contributed by atoms with E-state index < -0.39 is 41.3 Å². The van der Waals surface area contributed by atoms with E-state index in [1.165, 1.54) is 24.3 Å². The Morgan fingerprint density at radius 1 is 0.971 bits per heavy atom. The van der Waals surface area contributed by atoms with Crippen LogP contribution in [0.4, 0.5) is 17.6 Å². The number of carbonyl (C=O) groups is 1. The van der Waals surface area contributed by atoms with Crippen LogP contribution in [0.5, 0.6) is 0 Å². The van der Waals surface area contributed by atoms with E-state index in [9.17, 15) is 31.9 Å². The zero-order chi connectivity index (χ0) is 25.3. The topological polar surface area (TPSA) is 73.1 Å². The number of rotatable bonds is 5. The molecule has 0 aliphatic carbocycles. The first-order valence-electron chi connectivity index (χ1n) is 10.5. The summed E-state index contributed by atoms with van der Waals surface area (Å²) in [4.78, 5) is 39.1. The van der Waals surface area contributed by atoms with E-state index in [0.29, 0.717) is 0 Å². The predicted octanol–water partition coefficient (Wildman–Crippen LogP) is 3.94. The fourth-order valence-corrected chi connectivity index (χ4v) is 3.72. The molecule has 10 heteroatoms. The van der Waals surface area contributed by atoms with Crippen molar-refractivity contribution in [1.29, 1.82) is 0 Å². The Morgan fingerprint density at radius 3 is 2.37 bits per heavy atom. The number of halogens is 4. The molecule has 0 radical (unpaired) electrons. The van der Waals surface area contributed by atoms with Gasteiger partial charge in [-0.15, -0.1) is 0 Å². The largest absolute Gasteiger partial charge is 0.416 e. The van der Waals surface area contributed by atoms with Gasteiger partial charge in [0.2, 0.25) is 5.91 Å². The third kappa shape index (κ3) is 5.01. The standard InChI is InChI=1S/C25H19F4N3O3/c1-15-5-10-21-20(11-15)23(34)32(19-8-6-18(26)7-9-19)24(35)31(21)14-22(33)30-13-16-3-2-4-17(12-16)25(27,28)29/h2-12H,13-14H2,1H3,(H,30,33). The molecule has 0 saturated heterocycles. The molecule has 6 nitrogen and oxygen atoms in total. The Bertz CT molecular complexity index is 1540. The maximum absolute atomic E-state index is 13.4. The summed E-state index contributed by atoms with van der Waals surface area (Å²) in [6.07, 6.45) is -4.52. The van der Waals surface area contributed by atoms with E-state index in [1.54, 1.807) is 25.1 Å². The molecule has 3 aromatic carbocycles. The van der Waals surface area contributed by atoms with Crippen molar-refractivity contribution in [3.05, 3.63) is 110 Å². The van der Waals surface area contributed by atoms with Gasteiger partial charge in [-0.25, -0.2) is 13.8 Å². The zero-order valence-electron chi connectivity index (χ0n) is 18.4. The van der Waals surface area contributed by atoms with Gasteiger partial charge in [-0.2, -0.15) is 13.2 Å². The minimum absolute atomic E-state index is 0.128. The summed E-state index contributed by atoms with van der Waals surface area (Å²) in [5, 5.41) is 2.69. The van der Waals surface area contributed by atoms with Crippen molar-refractivity contribution in [1.82, 2.24) is 14.5 Å². The third-order valence-electron chi connectivity index (χ3n) is 5.43. The molecule has 0 unspecified atom stereocenters. The van der Waals surface area contributed by atoms with Crippen molar-refractivity contribution in [3.63, 3.8) is 0 Å². The minimum Gasteiger partial charge on any atom is -0.350 e. The molecule has 0 spiro atoms. The fourth-order valence-electron chi connectivity index (χ4n) is 3.72. The van der Waals surface area contributed by atoms with Crippen LogP contribution in [0.25, 0.3) is 16.6 Å². The van der Waals surface area contributed by atoms with E-state index in [-0.39, 0.29) is 28.7 Å². The lowest BCUT2D eigenvalue weighted by molar-refractivity contribution is -0.137. The maximum atomic E-state index is 13.4. The number of carbonyl (C=O) groups excluding carboxylic acids is 1. The van der Waals surface area contributed by atoms with Gasteiger partial charge >= 0.3 is 11.9 Å². The SMILES string of the molecule is Cc1ccc2c(c1)c(=O)n(-c1ccc(F)cc1)c(=O)n2CC(=O)NCc1cccc(C(F)(F)F)c1. The smallest absolute Gasteiger partial charge is 0.350 e. The van der Waals surface area contributed by atoms with Crippen molar-refractivity contribution in [3.8, 4) is 5.69 Å². The van der Waals surface area contributed by atoms with Crippen LogP contribution >= 0.6 is 0 Å². The molecule has 0 aliphatic rings. The Kier molecular flexibility index (Phi) is 6.29. The summed E-state index contributed by atoms with van der Waals surface area (Å²) in [6, 6.07) is 14.1. The predicted molar refractivity (Wildman–Crippen MR) is 122 cm³/mol. The number of hydrogen-bond donors (Lipinski definition) is 1. The lowest BCUT2D eigenvalue weighted by Crippen LogP contribution is -2.41. The van der Waals surface area contributed by atoms with Crippen LogP contribution in [-0.4, -0.2) is 15.0 Å². The molecule has 1 amide bonds. The van der Waals surface area contributed by atoms with Crippen molar-refractivity contribution < 1.29 is 22.4 Å². The van der Waals surface area contributed by atoms with Crippen LogP contribution in [0.3, 0.4) is 0 Å². The Labute approximate surface area is 196 Å². The average Bonchev–Trinajstić information content (AvgIpc) is 2.81. The molecule has 1 heterocycles. The first kappa shape index (κ1) is 23.9. The number of fused-ring (bicyclic) bond motifs is 1. The zero-order valence-corrected chi connectivity index (χ0v) is 18.4. The van der Waals surface area contributed by atoms with Crippen molar-refractivity contribution >= 4 is 16.8 Å². The van der Waals surface area contributed by atoms with Crippen LogP contribution in [-0.2, 0) is 24.1 Å². The molecule has 0 fully saturated rings. The molecule has 35 heavy (non-hydrogen) atoms. The number of benzene rings is 3. The molecule has 1 N–H and O–H groups in total. The molecule has 0 saturated carbocycles. The molecule has 4 rings (SSSR count). The van der Waals surface area contributed by atoms with Gasteiger partial charge in [-0.1, -0.05) is 23.8 Å². The molecular weight excluding hydrogens is 466 g/mol. The summed E-state index contributed by atoms with van der Waals surface area (Å²) in [7, 11) is 0. The van der Waals surface area contributed by atoms with Gasteiger partial charge in [0.05, 0.1) is 22.2 Å². The number of nitrogens with zero attached hydrogens (tertiary/aromatic N) is 2. The number of nitrogens with one attached hydrogen (secondary N) is 1. The first-order chi connectivity index (χ1) is 16.5. The summed E-state index contributed by atoms with van der Waals surface area (Å²) in [5.74, 6) is -1.19. The maximum Gasteiger partial charge on any atom is 0.416 e. The van der Waals surface area contributed by atoms with Gasteiger partial charge < -0.3 is 5.32 Å². The fraction of sp³-hybridized carbons (Fsp3) is 0.160. The normalized spacial score (nSPS) is 11.6. The first-order valence-corrected chi connectivity index (χ1v) is 10.5. The second-order valence-corrected chi connectivity index (χ2v) is 7.98. The summed E-state index contributed by atoms with van der Waals surface area (Å²) in [6.45, 7) is 1.09. The van der Waals surface area contributed by atoms with E-state index in [2.05, 4.69) is 5.32 Å². The second kappa shape index (κ2) is 9.21. The molecule has 4 aromatic rings. The van der Waals surface area contributed by atoms with Crippen LogP contribution in [0.1, 0.15) is 16.7 Å². The highest BCUT2D eigenvalue weighted by atomic mass is 19.4. The molecule has 180 valence electrons. The van der Waals surface area contributed by atoms with Gasteiger partial charge in [0, 0.05) is 6.54 Å². The highest BCUT2D eigenvalue weighted by molar-refractivity contribution is 5.82. The van der Waals surface area contributed by atoms with Gasteiger partial charge in [-0.05, 0) is 61.0 Å². The monoisotopic (exact) mass is 485 g/mol. The van der Waals surface area contributed by atoms with Gasteiger partial charge in [-0.3, -0.25) is 14.2 Å². The summed E-state index contributed by atoms with van der Waals surface area (Å²) < 4.78 is 54.1. The van der Waals surface area contributed by atoms with Crippen molar-refractivity contribution in [2.75, 3.05) is 0 Å². The second-order valence-electron chi connectivity index (χ2n) is 7.98. The highest BCUT2D eigenvalue weighted by Gasteiger charge is 2.30. The quantitative estimate of drug-likeness (QED) is 0.436. The molecule has 1 aromatic heterocycles. The number of amides is 1. The van der Waals surface area contributed by atoms with Gasteiger partial charge in [0.25, 0.3) is 5.56 Å². The number of aromatic nitrogens is 2. The Hall–Kier alpha value is -4.21. The number of hydrogen-bond acceptors (Lipinski definition) is 3. The van der Waals surface area contributed by atoms with Crippen molar-refractivity contribution in [2.24, 2.45) is 0 Å². The van der Waals surface area contributed by atoms with Crippen molar-refractivity contribution in [2.45, 2.75) is 26.2 Å². The molecular formula is C25H19F4N3O3. The van der Waals surface area contributed by atoms with Crippen LogP contribution in [0.2, 0.25) is 0 Å².